The van der Waals surface area contributed by atoms with Crippen molar-refractivity contribution in [2.24, 2.45) is 5.73 Å². The van der Waals surface area contributed by atoms with Gasteiger partial charge in [-0.3, -0.25) is 4.79 Å². The van der Waals surface area contributed by atoms with E-state index >= 15 is 0 Å². The van der Waals surface area contributed by atoms with E-state index in [2.05, 4.69) is 18.7 Å². The molecule has 0 saturated heterocycles. The molecule has 0 aliphatic carbocycles. The van der Waals surface area contributed by atoms with Crippen LogP contribution in [0.25, 0.3) is 0 Å². The molecule has 3 heteroatoms. The fraction of sp³-hybridized carbons (Fsp3) is 0.941. The van der Waals surface area contributed by atoms with Crippen molar-refractivity contribution >= 4 is 5.91 Å². The molecular formula is C17H36N2O. The van der Waals surface area contributed by atoms with Crippen molar-refractivity contribution in [1.29, 1.82) is 0 Å². The van der Waals surface area contributed by atoms with E-state index < -0.39 is 0 Å². The van der Waals surface area contributed by atoms with Gasteiger partial charge in [-0.05, 0) is 32.2 Å². The molecule has 0 rings (SSSR count). The summed E-state index contributed by atoms with van der Waals surface area (Å²) in [6.45, 7) is 7.11. The van der Waals surface area contributed by atoms with Crippen molar-refractivity contribution in [3.63, 3.8) is 0 Å². The minimum atomic E-state index is 0.366. The highest BCUT2D eigenvalue weighted by Gasteiger charge is 2.12. The van der Waals surface area contributed by atoms with E-state index in [9.17, 15) is 4.79 Å². The molecule has 0 atom stereocenters. The van der Waals surface area contributed by atoms with Crippen molar-refractivity contribution in [2.45, 2.75) is 84.5 Å². The van der Waals surface area contributed by atoms with Gasteiger partial charge >= 0.3 is 0 Å². The van der Waals surface area contributed by atoms with Gasteiger partial charge < -0.3 is 10.6 Å². The lowest BCUT2D eigenvalue weighted by molar-refractivity contribution is -0.131. The van der Waals surface area contributed by atoms with E-state index in [4.69, 9.17) is 5.73 Å². The minimum absolute atomic E-state index is 0.366. The smallest absolute Gasteiger partial charge is 0.222 e. The van der Waals surface area contributed by atoms with Crippen LogP contribution in [0, 0.1) is 0 Å². The monoisotopic (exact) mass is 284 g/mol. The Morgan fingerprint density at radius 2 is 1.35 bits per heavy atom. The summed E-state index contributed by atoms with van der Waals surface area (Å²) in [5, 5.41) is 0. The maximum Gasteiger partial charge on any atom is 0.222 e. The Bertz CT molecular complexity index is 209. The molecular weight excluding hydrogens is 248 g/mol. The van der Waals surface area contributed by atoms with E-state index in [1.54, 1.807) is 0 Å². The summed E-state index contributed by atoms with van der Waals surface area (Å²) in [5.74, 6) is 0.366. The van der Waals surface area contributed by atoms with Gasteiger partial charge in [0.15, 0.2) is 0 Å². The number of amides is 1. The number of nitrogens with zero attached hydrogens (tertiary/aromatic N) is 1. The Labute approximate surface area is 126 Å². The summed E-state index contributed by atoms with van der Waals surface area (Å²) in [5.41, 5.74) is 5.48. The van der Waals surface area contributed by atoms with Crippen LogP contribution >= 0.6 is 0 Å². The fourth-order valence-electron chi connectivity index (χ4n) is 2.40. The van der Waals surface area contributed by atoms with Crippen LogP contribution < -0.4 is 5.73 Å². The van der Waals surface area contributed by atoms with Crippen LogP contribution in [0.15, 0.2) is 0 Å². The predicted octanol–water partition coefficient (Wildman–Crippen LogP) is 4.10. The Morgan fingerprint density at radius 3 is 1.85 bits per heavy atom. The first-order valence-corrected chi connectivity index (χ1v) is 8.74. The van der Waals surface area contributed by atoms with Crippen LogP contribution in [0.2, 0.25) is 0 Å². The first-order valence-electron chi connectivity index (χ1n) is 8.74. The molecule has 0 aromatic heterocycles. The lowest BCUT2D eigenvalue weighted by Gasteiger charge is -2.23. The molecule has 0 unspecified atom stereocenters. The predicted molar refractivity (Wildman–Crippen MR) is 87.8 cm³/mol. The summed E-state index contributed by atoms with van der Waals surface area (Å²) >= 11 is 0. The normalized spacial score (nSPS) is 10.8. The highest BCUT2D eigenvalue weighted by Crippen LogP contribution is 2.08. The molecule has 0 aliphatic rings. The van der Waals surface area contributed by atoms with E-state index in [-0.39, 0.29) is 0 Å². The van der Waals surface area contributed by atoms with E-state index in [0.29, 0.717) is 5.91 Å². The molecule has 0 spiro atoms. The average molecular weight is 284 g/mol. The van der Waals surface area contributed by atoms with Crippen LogP contribution in [0.4, 0.5) is 0 Å². The molecule has 0 saturated carbocycles. The van der Waals surface area contributed by atoms with Gasteiger partial charge in [0, 0.05) is 19.5 Å². The number of hydrogen-bond acceptors (Lipinski definition) is 2. The maximum absolute atomic E-state index is 12.3. The molecule has 2 N–H and O–H groups in total. The zero-order chi connectivity index (χ0) is 15.1. The number of carbonyl (C=O) groups is 1. The van der Waals surface area contributed by atoms with E-state index in [1.165, 1.54) is 25.7 Å². The second-order valence-corrected chi connectivity index (χ2v) is 5.75. The van der Waals surface area contributed by atoms with Gasteiger partial charge in [0.1, 0.15) is 0 Å². The van der Waals surface area contributed by atoms with E-state index in [0.717, 1.165) is 64.6 Å². The topological polar surface area (TPSA) is 46.3 Å². The standard InChI is InChI=1S/C17H36N2O/c1-3-5-11-15-19(16-12-6-4-2)17(20)13-9-7-8-10-14-18/h3-16,18H2,1-2H3. The number of rotatable bonds is 14. The molecule has 0 radical (unpaired) electrons. The van der Waals surface area contributed by atoms with Gasteiger partial charge in [-0.1, -0.05) is 52.4 Å². The van der Waals surface area contributed by atoms with Crippen LogP contribution in [0.3, 0.4) is 0 Å². The minimum Gasteiger partial charge on any atom is -0.343 e. The summed E-state index contributed by atoms with van der Waals surface area (Å²) in [6.07, 6.45) is 12.3. The highest BCUT2D eigenvalue weighted by atomic mass is 16.2. The SMILES string of the molecule is CCCCCN(CCCCC)C(=O)CCCCCCN. The molecule has 0 aromatic carbocycles. The van der Waals surface area contributed by atoms with Gasteiger partial charge in [-0.2, -0.15) is 0 Å². The third-order valence-electron chi connectivity index (χ3n) is 3.76. The molecule has 0 bridgehead atoms. The van der Waals surface area contributed by atoms with Crippen LogP contribution in [0.5, 0.6) is 0 Å². The molecule has 0 aliphatic heterocycles. The van der Waals surface area contributed by atoms with Crippen LogP contribution in [0.1, 0.15) is 84.5 Å². The van der Waals surface area contributed by atoms with Crippen LogP contribution in [-0.4, -0.2) is 30.4 Å². The average Bonchev–Trinajstić information content (AvgIpc) is 2.45. The number of unbranched alkanes of at least 4 members (excludes halogenated alkanes) is 7. The quantitative estimate of drug-likeness (QED) is 0.488. The number of hydrogen-bond donors (Lipinski definition) is 1. The summed E-state index contributed by atoms with van der Waals surface area (Å²) in [4.78, 5) is 14.4. The number of carbonyl (C=O) groups excluding carboxylic acids is 1. The van der Waals surface area contributed by atoms with Gasteiger partial charge in [0.2, 0.25) is 5.91 Å². The zero-order valence-corrected chi connectivity index (χ0v) is 13.8. The highest BCUT2D eigenvalue weighted by molar-refractivity contribution is 5.76. The fourth-order valence-corrected chi connectivity index (χ4v) is 2.40. The lowest BCUT2D eigenvalue weighted by Crippen LogP contribution is -2.32. The van der Waals surface area contributed by atoms with Crippen LogP contribution in [-0.2, 0) is 4.79 Å². The molecule has 120 valence electrons. The van der Waals surface area contributed by atoms with Crippen molar-refractivity contribution in [1.82, 2.24) is 4.90 Å². The van der Waals surface area contributed by atoms with E-state index in [1.807, 2.05) is 0 Å². The first kappa shape index (κ1) is 19.4. The molecule has 3 nitrogen and oxygen atoms in total. The Kier molecular flexibility index (Phi) is 14.4. The summed E-state index contributed by atoms with van der Waals surface area (Å²) in [6, 6.07) is 0. The molecule has 1 amide bonds. The zero-order valence-electron chi connectivity index (χ0n) is 13.8. The van der Waals surface area contributed by atoms with Gasteiger partial charge in [0.25, 0.3) is 0 Å². The first-order chi connectivity index (χ1) is 9.76. The maximum atomic E-state index is 12.3. The molecule has 0 fully saturated rings. The van der Waals surface area contributed by atoms with Crippen molar-refractivity contribution in [3.8, 4) is 0 Å². The largest absolute Gasteiger partial charge is 0.343 e. The Balaban J connectivity index is 3.91. The lowest BCUT2D eigenvalue weighted by atomic mass is 10.1. The second kappa shape index (κ2) is 14.8. The van der Waals surface area contributed by atoms with Crippen molar-refractivity contribution in [3.05, 3.63) is 0 Å². The van der Waals surface area contributed by atoms with Gasteiger partial charge in [0.05, 0.1) is 0 Å². The Morgan fingerprint density at radius 1 is 0.800 bits per heavy atom. The summed E-state index contributed by atoms with van der Waals surface area (Å²) < 4.78 is 0. The third kappa shape index (κ3) is 11.3. The molecule has 0 aromatic rings. The van der Waals surface area contributed by atoms with Gasteiger partial charge in [-0.25, -0.2) is 0 Å². The third-order valence-corrected chi connectivity index (χ3v) is 3.76. The van der Waals surface area contributed by atoms with Gasteiger partial charge in [-0.15, -0.1) is 0 Å². The van der Waals surface area contributed by atoms with Crippen molar-refractivity contribution < 1.29 is 4.79 Å². The Hall–Kier alpha value is -0.570. The summed E-state index contributed by atoms with van der Waals surface area (Å²) in [7, 11) is 0. The second-order valence-electron chi connectivity index (χ2n) is 5.75. The van der Waals surface area contributed by atoms with Crippen molar-refractivity contribution in [2.75, 3.05) is 19.6 Å². The molecule has 0 heterocycles. The number of nitrogens with two attached hydrogens (primary N) is 1. The molecule has 20 heavy (non-hydrogen) atoms.